The molecule has 20 heavy (non-hydrogen) atoms. The second-order valence-electron chi connectivity index (χ2n) is 5.50. The highest BCUT2D eigenvalue weighted by Crippen LogP contribution is 2.14. The summed E-state index contributed by atoms with van der Waals surface area (Å²) in [6.07, 6.45) is 5.06. The van der Waals surface area contributed by atoms with Gasteiger partial charge >= 0.3 is 0 Å². The summed E-state index contributed by atoms with van der Waals surface area (Å²) in [5.74, 6) is 0.0491. The maximum atomic E-state index is 12.1. The molecule has 110 valence electrons. The van der Waals surface area contributed by atoms with Crippen LogP contribution in [0.5, 0.6) is 0 Å². The zero-order chi connectivity index (χ0) is 14.4. The maximum Gasteiger partial charge on any atom is 0.252 e. The lowest BCUT2D eigenvalue weighted by molar-refractivity contribution is 0.0950. The normalized spacial score (nSPS) is 16.1. The Hall–Kier alpha value is -0.620. The van der Waals surface area contributed by atoms with Gasteiger partial charge in [0.25, 0.3) is 5.91 Å². The Labute approximate surface area is 135 Å². The molecule has 0 bridgehead atoms. The number of nitrogens with one attached hydrogen (secondary N) is 1. The van der Waals surface area contributed by atoms with Crippen molar-refractivity contribution < 1.29 is 4.79 Å². The molecule has 0 atom stereocenters. The van der Waals surface area contributed by atoms with Crippen LogP contribution in [0.3, 0.4) is 0 Å². The molecule has 0 radical (unpaired) electrons. The largest absolute Gasteiger partial charge is 0.352 e. The molecule has 0 aromatic heterocycles. The van der Waals surface area contributed by atoms with E-state index in [-0.39, 0.29) is 5.91 Å². The van der Waals surface area contributed by atoms with E-state index in [1.54, 1.807) is 0 Å². The zero-order valence-electron chi connectivity index (χ0n) is 12.1. The van der Waals surface area contributed by atoms with Crippen molar-refractivity contribution in [3.8, 4) is 0 Å². The number of aryl methyl sites for hydroxylation is 1. The summed E-state index contributed by atoms with van der Waals surface area (Å²) in [7, 11) is 0. The van der Waals surface area contributed by atoms with E-state index in [4.69, 9.17) is 0 Å². The number of hydrogen-bond donors (Lipinski definition) is 1. The molecular formula is C16H23IN2O. The molecule has 1 aliphatic heterocycles. The fraction of sp³-hybridized carbons (Fsp3) is 0.562. The number of likely N-dealkylation sites (tertiary alicyclic amines) is 1. The Morgan fingerprint density at radius 3 is 2.75 bits per heavy atom. The molecule has 0 saturated carbocycles. The maximum absolute atomic E-state index is 12.1. The molecule has 0 unspecified atom stereocenters. The van der Waals surface area contributed by atoms with Crippen LogP contribution in [0.2, 0.25) is 0 Å². The summed E-state index contributed by atoms with van der Waals surface area (Å²) < 4.78 is 1.02. The van der Waals surface area contributed by atoms with Crippen molar-refractivity contribution in [2.75, 3.05) is 26.2 Å². The molecule has 0 aliphatic carbocycles. The first-order valence-corrected chi connectivity index (χ1v) is 8.51. The van der Waals surface area contributed by atoms with Crippen LogP contribution in [0.1, 0.15) is 41.6 Å². The first-order valence-electron chi connectivity index (χ1n) is 7.43. The van der Waals surface area contributed by atoms with Crippen molar-refractivity contribution in [3.63, 3.8) is 0 Å². The molecule has 0 spiro atoms. The van der Waals surface area contributed by atoms with Gasteiger partial charge in [-0.2, -0.15) is 0 Å². The van der Waals surface area contributed by atoms with Gasteiger partial charge in [0.2, 0.25) is 0 Å². The van der Waals surface area contributed by atoms with Crippen molar-refractivity contribution in [2.24, 2.45) is 0 Å². The molecule has 1 aromatic carbocycles. The minimum atomic E-state index is 0.0491. The highest BCUT2D eigenvalue weighted by atomic mass is 127. The van der Waals surface area contributed by atoms with Crippen LogP contribution in [-0.2, 0) is 0 Å². The second kappa shape index (κ2) is 7.98. The first-order chi connectivity index (χ1) is 9.66. The summed E-state index contributed by atoms with van der Waals surface area (Å²) in [5.41, 5.74) is 1.98. The molecule has 1 heterocycles. The number of benzene rings is 1. The molecular weight excluding hydrogens is 363 g/mol. The van der Waals surface area contributed by atoms with Crippen LogP contribution >= 0.6 is 22.6 Å². The van der Waals surface area contributed by atoms with Gasteiger partial charge in [-0.05, 0) is 80.5 Å². The number of halogens is 1. The van der Waals surface area contributed by atoms with Crippen LogP contribution < -0.4 is 5.32 Å². The Morgan fingerprint density at radius 2 is 2.05 bits per heavy atom. The quantitative estimate of drug-likeness (QED) is 0.623. The molecule has 3 nitrogen and oxygen atoms in total. The highest BCUT2D eigenvalue weighted by molar-refractivity contribution is 14.1. The number of hydrogen-bond acceptors (Lipinski definition) is 2. The Morgan fingerprint density at radius 1 is 1.30 bits per heavy atom. The van der Waals surface area contributed by atoms with Crippen molar-refractivity contribution in [2.45, 2.75) is 32.6 Å². The van der Waals surface area contributed by atoms with E-state index in [1.165, 1.54) is 37.9 Å². The lowest BCUT2D eigenvalue weighted by atomic mass is 10.1. The number of nitrogens with zero attached hydrogens (tertiary/aromatic N) is 1. The smallest absolute Gasteiger partial charge is 0.252 e. The number of carbonyl (C=O) groups excluding carboxylic acids is 1. The van der Waals surface area contributed by atoms with Gasteiger partial charge in [0, 0.05) is 10.1 Å². The molecule has 1 amide bonds. The van der Waals surface area contributed by atoms with E-state index in [2.05, 4.69) is 32.8 Å². The van der Waals surface area contributed by atoms with Crippen molar-refractivity contribution in [3.05, 3.63) is 32.9 Å². The van der Waals surface area contributed by atoms with Gasteiger partial charge in [-0.25, -0.2) is 0 Å². The molecule has 4 heteroatoms. The van der Waals surface area contributed by atoms with Crippen molar-refractivity contribution >= 4 is 28.5 Å². The minimum Gasteiger partial charge on any atom is -0.352 e. The summed E-state index contributed by atoms with van der Waals surface area (Å²) in [6.45, 7) is 6.36. The average Bonchev–Trinajstić information content (AvgIpc) is 2.44. The van der Waals surface area contributed by atoms with Gasteiger partial charge < -0.3 is 10.2 Å². The molecule has 1 aromatic rings. The van der Waals surface area contributed by atoms with E-state index < -0.39 is 0 Å². The summed E-state index contributed by atoms with van der Waals surface area (Å²) in [4.78, 5) is 14.6. The fourth-order valence-electron chi connectivity index (χ4n) is 2.59. The van der Waals surface area contributed by atoms with Crippen LogP contribution in [0.15, 0.2) is 18.2 Å². The predicted molar refractivity (Wildman–Crippen MR) is 91.1 cm³/mol. The molecule has 2 rings (SSSR count). The third-order valence-corrected chi connectivity index (χ3v) is 4.65. The zero-order valence-corrected chi connectivity index (χ0v) is 14.3. The van der Waals surface area contributed by atoms with Gasteiger partial charge in [0.1, 0.15) is 0 Å². The third kappa shape index (κ3) is 4.74. The standard InChI is InChI=1S/C16H23IN2O/c1-13-6-7-14(15(17)12-13)16(20)18-8-5-11-19-9-3-2-4-10-19/h6-7,12H,2-5,8-11H2,1H3,(H,18,20). The van der Waals surface area contributed by atoms with Gasteiger partial charge in [-0.15, -0.1) is 0 Å². The van der Waals surface area contributed by atoms with E-state index in [0.717, 1.165) is 28.6 Å². The van der Waals surface area contributed by atoms with Gasteiger partial charge in [-0.1, -0.05) is 18.1 Å². The van der Waals surface area contributed by atoms with Crippen molar-refractivity contribution in [1.29, 1.82) is 0 Å². The van der Waals surface area contributed by atoms with E-state index in [9.17, 15) is 4.79 Å². The van der Waals surface area contributed by atoms with E-state index >= 15 is 0 Å². The van der Waals surface area contributed by atoms with Crippen LogP contribution in [-0.4, -0.2) is 37.0 Å². The molecule has 1 aliphatic rings. The lowest BCUT2D eigenvalue weighted by Crippen LogP contribution is -2.33. The Balaban J connectivity index is 1.72. The topological polar surface area (TPSA) is 32.3 Å². The number of amides is 1. The van der Waals surface area contributed by atoms with Crippen LogP contribution in [0.4, 0.5) is 0 Å². The highest BCUT2D eigenvalue weighted by Gasteiger charge is 2.11. The summed E-state index contributed by atoms with van der Waals surface area (Å²) in [6, 6.07) is 5.95. The number of piperidine rings is 1. The molecule has 1 N–H and O–H groups in total. The Bertz CT molecular complexity index is 456. The van der Waals surface area contributed by atoms with E-state index in [1.807, 2.05) is 25.1 Å². The first kappa shape index (κ1) is 15.8. The second-order valence-corrected chi connectivity index (χ2v) is 6.66. The summed E-state index contributed by atoms with van der Waals surface area (Å²) in [5, 5.41) is 3.03. The Kier molecular flexibility index (Phi) is 6.29. The summed E-state index contributed by atoms with van der Waals surface area (Å²) >= 11 is 2.23. The van der Waals surface area contributed by atoms with Crippen molar-refractivity contribution in [1.82, 2.24) is 10.2 Å². The van der Waals surface area contributed by atoms with Gasteiger partial charge in [0.15, 0.2) is 0 Å². The van der Waals surface area contributed by atoms with Gasteiger partial charge in [-0.3, -0.25) is 4.79 Å². The van der Waals surface area contributed by atoms with Crippen LogP contribution in [0, 0.1) is 10.5 Å². The monoisotopic (exact) mass is 386 g/mol. The minimum absolute atomic E-state index is 0.0491. The number of rotatable bonds is 5. The predicted octanol–water partition coefficient (Wildman–Crippen LogP) is 3.21. The molecule has 1 fully saturated rings. The van der Waals surface area contributed by atoms with Crippen LogP contribution in [0.25, 0.3) is 0 Å². The molecule has 1 saturated heterocycles. The van der Waals surface area contributed by atoms with E-state index in [0.29, 0.717) is 0 Å². The SMILES string of the molecule is Cc1ccc(C(=O)NCCCN2CCCCC2)c(I)c1. The lowest BCUT2D eigenvalue weighted by Gasteiger charge is -2.26. The number of carbonyl (C=O) groups is 1. The third-order valence-electron chi connectivity index (χ3n) is 3.75. The van der Waals surface area contributed by atoms with Gasteiger partial charge in [0.05, 0.1) is 5.56 Å². The average molecular weight is 386 g/mol. The fourth-order valence-corrected chi connectivity index (χ4v) is 3.50.